The molecule has 5 rings (SSSR count). The van der Waals surface area contributed by atoms with Gasteiger partial charge in [-0.2, -0.15) is 0 Å². The van der Waals surface area contributed by atoms with Gasteiger partial charge in [0.25, 0.3) is 0 Å². The van der Waals surface area contributed by atoms with Gasteiger partial charge in [0.15, 0.2) is 5.13 Å². The maximum absolute atomic E-state index is 4.86. The molecule has 182 valence electrons. The van der Waals surface area contributed by atoms with Crippen LogP contribution in [0.5, 0.6) is 0 Å². The number of fused-ring (bicyclic) bond motifs is 1. The summed E-state index contributed by atoms with van der Waals surface area (Å²) >= 11 is 1.55. The van der Waals surface area contributed by atoms with Crippen LogP contribution in [-0.4, -0.2) is 64.0 Å². The molecule has 1 fully saturated rings. The lowest BCUT2D eigenvalue weighted by atomic mass is 10.2. The first-order valence-corrected chi connectivity index (χ1v) is 13.0. The molecule has 1 saturated heterocycles. The Labute approximate surface area is 211 Å². The van der Waals surface area contributed by atoms with Gasteiger partial charge in [0.1, 0.15) is 22.0 Å². The third kappa shape index (κ3) is 5.61. The van der Waals surface area contributed by atoms with Crippen LogP contribution in [0.3, 0.4) is 0 Å². The number of thiazole rings is 1. The molecule has 3 aromatic heterocycles. The van der Waals surface area contributed by atoms with Crippen molar-refractivity contribution in [3.8, 4) is 0 Å². The summed E-state index contributed by atoms with van der Waals surface area (Å²) in [6.07, 6.45) is 1.88. The zero-order chi connectivity index (χ0) is 24.4. The van der Waals surface area contributed by atoms with Gasteiger partial charge in [0, 0.05) is 57.7 Å². The minimum atomic E-state index is 0.622. The molecule has 0 spiro atoms. The van der Waals surface area contributed by atoms with Gasteiger partial charge >= 0.3 is 0 Å². The predicted molar refractivity (Wildman–Crippen MR) is 146 cm³/mol. The summed E-state index contributed by atoms with van der Waals surface area (Å²) in [6.45, 7) is 12.1. The van der Waals surface area contributed by atoms with Crippen molar-refractivity contribution in [2.45, 2.75) is 33.4 Å². The van der Waals surface area contributed by atoms with Crippen molar-refractivity contribution in [3.05, 3.63) is 65.9 Å². The predicted octanol–water partition coefficient (Wildman–Crippen LogP) is 5.43. The number of rotatable bonds is 7. The fourth-order valence-electron chi connectivity index (χ4n) is 4.39. The van der Waals surface area contributed by atoms with Crippen molar-refractivity contribution in [1.82, 2.24) is 24.8 Å². The van der Waals surface area contributed by atoms with E-state index in [0.717, 1.165) is 65.5 Å². The van der Waals surface area contributed by atoms with Gasteiger partial charge in [-0.1, -0.05) is 29.0 Å². The fraction of sp³-hybridized carbons (Fsp3) is 0.370. The number of aromatic nitrogens is 3. The molecule has 0 atom stereocenters. The van der Waals surface area contributed by atoms with E-state index in [4.69, 9.17) is 9.97 Å². The first-order valence-electron chi connectivity index (χ1n) is 12.2. The minimum absolute atomic E-state index is 0.622. The molecule has 35 heavy (non-hydrogen) atoms. The highest BCUT2D eigenvalue weighted by Gasteiger charge is 2.19. The maximum Gasteiger partial charge on any atom is 0.190 e. The summed E-state index contributed by atoms with van der Waals surface area (Å²) in [5, 5.41) is 4.20. The molecule has 0 aliphatic carbocycles. The maximum atomic E-state index is 4.86. The Hall–Kier alpha value is -3.07. The van der Waals surface area contributed by atoms with Gasteiger partial charge in [0.05, 0.1) is 0 Å². The van der Waals surface area contributed by atoms with Crippen molar-refractivity contribution in [1.29, 1.82) is 0 Å². The van der Waals surface area contributed by atoms with Crippen LogP contribution in [0.2, 0.25) is 0 Å². The normalized spacial score (nSPS) is 15.1. The Morgan fingerprint density at radius 3 is 2.51 bits per heavy atom. The van der Waals surface area contributed by atoms with Crippen molar-refractivity contribution >= 4 is 44.1 Å². The second-order valence-electron chi connectivity index (χ2n) is 9.49. The summed E-state index contributed by atoms with van der Waals surface area (Å²) < 4.78 is 0. The zero-order valence-corrected chi connectivity index (χ0v) is 21.7. The number of nitrogens with one attached hydrogen (secondary N) is 1. The average molecular weight is 488 g/mol. The van der Waals surface area contributed by atoms with Gasteiger partial charge in [-0.25, -0.2) is 15.0 Å². The quantitative estimate of drug-likeness (QED) is 0.373. The summed E-state index contributed by atoms with van der Waals surface area (Å²) in [5.74, 6) is 1.72. The van der Waals surface area contributed by atoms with E-state index in [-0.39, 0.29) is 0 Å². The van der Waals surface area contributed by atoms with E-state index >= 15 is 0 Å². The SMILES string of the molecule is Cc1ccc(N(C)c2ccc3nc(Nc4cc(CN5CCN(C(C)C)CC5)ccn4)sc3n2)cc1. The molecule has 0 unspecified atom stereocenters. The molecule has 8 heteroatoms. The number of aryl methyl sites for hydroxylation is 1. The molecule has 0 radical (unpaired) electrons. The number of hydrogen-bond acceptors (Lipinski definition) is 8. The molecule has 1 aromatic carbocycles. The van der Waals surface area contributed by atoms with Crippen molar-refractivity contribution in [2.24, 2.45) is 0 Å². The largest absolute Gasteiger partial charge is 0.329 e. The second kappa shape index (κ2) is 10.3. The molecule has 0 bridgehead atoms. The number of nitrogens with zero attached hydrogens (tertiary/aromatic N) is 6. The van der Waals surface area contributed by atoms with Crippen LogP contribution in [0, 0.1) is 6.92 Å². The van der Waals surface area contributed by atoms with Crippen LogP contribution in [0.25, 0.3) is 10.3 Å². The molecule has 1 aliphatic rings. The number of pyridine rings is 2. The highest BCUT2D eigenvalue weighted by Crippen LogP contribution is 2.30. The van der Waals surface area contributed by atoms with Crippen LogP contribution < -0.4 is 10.2 Å². The fourth-order valence-corrected chi connectivity index (χ4v) is 5.24. The molecule has 4 heterocycles. The third-order valence-corrected chi connectivity index (χ3v) is 7.49. The topological polar surface area (TPSA) is 60.4 Å². The molecule has 4 aromatic rings. The van der Waals surface area contributed by atoms with E-state index in [1.165, 1.54) is 11.1 Å². The van der Waals surface area contributed by atoms with Gasteiger partial charge in [-0.3, -0.25) is 9.80 Å². The van der Waals surface area contributed by atoms with Crippen molar-refractivity contribution in [3.63, 3.8) is 0 Å². The minimum Gasteiger partial charge on any atom is -0.329 e. The first kappa shape index (κ1) is 23.7. The molecule has 0 amide bonds. The number of piperazine rings is 1. The van der Waals surface area contributed by atoms with Gasteiger partial charge in [-0.15, -0.1) is 0 Å². The highest BCUT2D eigenvalue weighted by molar-refractivity contribution is 7.21. The monoisotopic (exact) mass is 487 g/mol. The zero-order valence-electron chi connectivity index (χ0n) is 20.9. The lowest BCUT2D eigenvalue weighted by molar-refractivity contribution is 0.104. The second-order valence-corrected chi connectivity index (χ2v) is 10.5. The van der Waals surface area contributed by atoms with E-state index in [9.17, 15) is 0 Å². The Morgan fingerprint density at radius 2 is 1.77 bits per heavy atom. The Balaban J connectivity index is 1.26. The number of benzene rings is 1. The number of hydrogen-bond donors (Lipinski definition) is 1. The summed E-state index contributed by atoms with van der Waals surface area (Å²) in [5.41, 5.74) is 4.51. The van der Waals surface area contributed by atoms with Crippen LogP contribution in [0.15, 0.2) is 54.7 Å². The molecule has 0 saturated carbocycles. The van der Waals surface area contributed by atoms with Crippen LogP contribution in [0.1, 0.15) is 25.0 Å². The van der Waals surface area contributed by atoms with Gasteiger partial charge in [-0.05, 0) is 62.7 Å². The van der Waals surface area contributed by atoms with Crippen LogP contribution in [-0.2, 0) is 6.54 Å². The molecule has 1 N–H and O–H groups in total. The van der Waals surface area contributed by atoms with Gasteiger partial charge < -0.3 is 10.2 Å². The molecule has 1 aliphatic heterocycles. The van der Waals surface area contributed by atoms with Crippen LogP contribution >= 0.6 is 11.3 Å². The lowest BCUT2D eigenvalue weighted by Crippen LogP contribution is -2.48. The third-order valence-electron chi connectivity index (χ3n) is 6.61. The number of anilines is 4. The lowest BCUT2D eigenvalue weighted by Gasteiger charge is -2.36. The molecular formula is C27H33N7S. The molecule has 7 nitrogen and oxygen atoms in total. The average Bonchev–Trinajstić information content (AvgIpc) is 3.26. The summed E-state index contributed by atoms with van der Waals surface area (Å²) in [4.78, 5) is 22.2. The Morgan fingerprint density at radius 1 is 1.00 bits per heavy atom. The summed E-state index contributed by atoms with van der Waals surface area (Å²) in [6, 6.07) is 17.4. The van der Waals surface area contributed by atoms with E-state index in [0.29, 0.717) is 6.04 Å². The van der Waals surface area contributed by atoms with Crippen molar-refractivity contribution < 1.29 is 0 Å². The Bertz CT molecular complexity index is 1280. The van der Waals surface area contributed by atoms with E-state index in [1.807, 2.05) is 25.4 Å². The first-order chi connectivity index (χ1) is 16.9. The van der Waals surface area contributed by atoms with Gasteiger partial charge in [0.2, 0.25) is 0 Å². The van der Waals surface area contributed by atoms with Crippen LogP contribution in [0.4, 0.5) is 22.5 Å². The standard InChI is InChI=1S/C27H33N7S/c1-19(2)34-15-13-33(14-16-34)18-21-11-12-28-24(17-21)30-27-29-23-9-10-25(31-26(23)35-27)32(4)22-7-5-20(3)6-8-22/h5-12,17,19H,13-16,18H2,1-4H3,(H,28,29,30). The summed E-state index contributed by atoms with van der Waals surface area (Å²) in [7, 11) is 2.04. The highest BCUT2D eigenvalue weighted by atomic mass is 32.1. The Kier molecular flexibility index (Phi) is 6.95. The molecular weight excluding hydrogens is 454 g/mol. The van der Waals surface area contributed by atoms with E-state index < -0.39 is 0 Å². The smallest absolute Gasteiger partial charge is 0.190 e. The van der Waals surface area contributed by atoms with Crippen molar-refractivity contribution in [2.75, 3.05) is 43.4 Å². The van der Waals surface area contributed by atoms with E-state index in [1.54, 1.807) is 11.3 Å². The van der Waals surface area contributed by atoms with E-state index in [2.05, 4.69) is 82.2 Å².